The third kappa shape index (κ3) is 4.96. The number of fused-ring (bicyclic) bond motifs is 1. The van der Waals surface area contributed by atoms with Gasteiger partial charge in [-0.3, -0.25) is 4.99 Å². The van der Waals surface area contributed by atoms with E-state index in [0.717, 1.165) is 33.8 Å². The number of nitrogens with zero attached hydrogens (tertiary/aromatic N) is 5. The third-order valence-electron chi connectivity index (χ3n) is 6.13. The first-order chi connectivity index (χ1) is 16.8. The van der Waals surface area contributed by atoms with E-state index >= 15 is 0 Å². The highest BCUT2D eigenvalue weighted by Gasteiger charge is 2.27. The van der Waals surface area contributed by atoms with Gasteiger partial charge in [-0.05, 0) is 61.7 Å². The fourth-order valence-electron chi connectivity index (χ4n) is 4.39. The average Bonchev–Trinajstić information content (AvgIpc) is 3.26. The van der Waals surface area contributed by atoms with Gasteiger partial charge in [0.1, 0.15) is 11.4 Å². The van der Waals surface area contributed by atoms with Gasteiger partial charge in [0, 0.05) is 55.8 Å². The van der Waals surface area contributed by atoms with Crippen molar-refractivity contribution in [3.63, 3.8) is 0 Å². The topological polar surface area (TPSA) is 91.2 Å². The Labute approximate surface area is 204 Å². The molecule has 35 heavy (non-hydrogen) atoms. The number of rotatable bonds is 3. The number of hydrogen-bond acceptors (Lipinski definition) is 7. The number of pyridine rings is 2. The van der Waals surface area contributed by atoms with Crippen molar-refractivity contribution in [2.75, 3.05) is 31.1 Å². The number of carbonyl (C=O) groups excluding carboxylic acids is 1. The van der Waals surface area contributed by atoms with Crippen molar-refractivity contribution in [2.24, 2.45) is 4.99 Å². The zero-order chi connectivity index (χ0) is 24.6. The largest absolute Gasteiger partial charge is 0.493 e. The Balaban J connectivity index is 1.33. The maximum absolute atomic E-state index is 12.4. The summed E-state index contributed by atoms with van der Waals surface area (Å²) in [5.74, 6) is 0.875. The van der Waals surface area contributed by atoms with Gasteiger partial charge >= 0.3 is 6.09 Å². The Hall–Kier alpha value is -3.94. The van der Waals surface area contributed by atoms with E-state index in [-0.39, 0.29) is 12.0 Å². The summed E-state index contributed by atoms with van der Waals surface area (Å²) in [5, 5.41) is 9.77. The molecular formula is C27H29N5O3. The van der Waals surface area contributed by atoms with Crippen LogP contribution in [0.3, 0.4) is 0 Å². The quantitative estimate of drug-likeness (QED) is 0.614. The van der Waals surface area contributed by atoms with Crippen LogP contribution in [0.4, 0.5) is 10.6 Å². The number of anilines is 1. The average molecular weight is 472 g/mol. The first-order valence-corrected chi connectivity index (χ1v) is 11.8. The van der Waals surface area contributed by atoms with Crippen molar-refractivity contribution in [2.45, 2.75) is 32.9 Å². The van der Waals surface area contributed by atoms with Crippen LogP contribution in [0.15, 0.2) is 59.9 Å². The molecule has 1 N–H and O–H groups in total. The Morgan fingerprint density at radius 2 is 1.63 bits per heavy atom. The van der Waals surface area contributed by atoms with Crippen LogP contribution in [0.1, 0.15) is 37.5 Å². The predicted octanol–water partition coefficient (Wildman–Crippen LogP) is 4.26. The fraction of sp³-hybridized carbons (Fsp3) is 0.333. The SMILES string of the molecule is CC(C)(C)OC(=O)N1CCN(c2cc(C3=NCc4ccc(-c5ccnc(O)c5)cc43)ccn2)CC1. The van der Waals surface area contributed by atoms with Crippen molar-refractivity contribution in [3.8, 4) is 17.0 Å². The summed E-state index contributed by atoms with van der Waals surface area (Å²) >= 11 is 0. The molecule has 2 aliphatic rings. The van der Waals surface area contributed by atoms with Crippen LogP contribution >= 0.6 is 0 Å². The molecule has 0 aliphatic carbocycles. The van der Waals surface area contributed by atoms with Gasteiger partial charge in [-0.2, -0.15) is 0 Å². The minimum Gasteiger partial charge on any atom is -0.493 e. The minimum atomic E-state index is -0.500. The van der Waals surface area contributed by atoms with Gasteiger partial charge < -0.3 is 19.6 Å². The summed E-state index contributed by atoms with van der Waals surface area (Å²) in [6.45, 7) is 8.83. The van der Waals surface area contributed by atoms with E-state index in [9.17, 15) is 9.90 Å². The van der Waals surface area contributed by atoms with E-state index in [2.05, 4.69) is 33.1 Å². The van der Waals surface area contributed by atoms with E-state index in [1.807, 2.05) is 45.2 Å². The molecule has 1 aromatic carbocycles. The monoisotopic (exact) mass is 471 g/mol. The summed E-state index contributed by atoms with van der Waals surface area (Å²) in [6.07, 6.45) is 3.15. The summed E-state index contributed by atoms with van der Waals surface area (Å²) in [6, 6.07) is 13.9. The van der Waals surface area contributed by atoms with Crippen LogP contribution in [0.25, 0.3) is 11.1 Å². The lowest BCUT2D eigenvalue weighted by molar-refractivity contribution is 0.0240. The second-order valence-electron chi connectivity index (χ2n) is 9.80. The number of amides is 1. The van der Waals surface area contributed by atoms with Crippen LogP contribution in [-0.4, -0.2) is 63.6 Å². The predicted molar refractivity (Wildman–Crippen MR) is 135 cm³/mol. The highest BCUT2D eigenvalue weighted by atomic mass is 16.6. The Morgan fingerprint density at radius 1 is 0.914 bits per heavy atom. The van der Waals surface area contributed by atoms with Crippen molar-refractivity contribution >= 4 is 17.6 Å². The molecule has 5 rings (SSSR count). The Morgan fingerprint density at radius 3 is 2.37 bits per heavy atom. The molecule has 4 heterocycles. The van der Waals surface area contributed by atoms with Gasteiger partial charge in [-0.15, -0.1) is 0 Å². The lowest BCUT2D eigenvalue weighted by Crippen LogP contribution is -2.50. The highest BCUT2D eigenvalue weighted by molar-refractivity contribution is 6.15. The van der Waals surface area contributed by atoms with Gasteiger partial charge in [0.15, 0.2) is 0 Å². The molecule has 3 aromatic rings. The maximum Gasteiger partial charge on any atom is 0.410 e. The van der Waals surface area contributed by atoms with Crippen LogP contribution < -0.4 is 4.90 Å². The molecule has 0 radical (unpaired) electrons. The molecule has 0 bridgehead atoms. The summed E-state index contributed by atoms with van der Waals surface area (Å²) in [4.78, 5) is 29.6. The first-order valence-electron chi connectivity index (χ1n) is 11.8. The molecule has 2 aromatic heterocycles. The Kier molecular flexibility index (Phi) is 5.88. The van der Waals surface area contributed by atoms with Crippen LogP contribution in [0, 0.1) is 0 Å². The number of hydrogen-bond donors (Lipinski definition) is 1. The molecule has 0 atom stereocenters. The molecule has 2 aliphatic heterocycles. The van der Waals surface area contributed by atoms with E-state index in [1.165, 1.54) is 5.56 Å². The number of carbonyl (C=O) groups is 1. The lowest BCUT2D eigenvalue weighted by Gasteiger charge is -2.36. The molecule has 1 fully saturated rings. The lowest BCUT2D eigenvalue weighted by atomic mass is 9.96. The Bertz CT molecular complexity index is 1290. The summed E-state index contributed by atoms with van der Waals surface area (Å²) < 4.78 is 5.51. The van der Waals surface area contributed by atoms with Crippen LogP contribution in [-0.2, 0) is 11.3 Å². The maximum atomic E-state index is 12.4. The smallest absolute Gasteiger partial charge is 0.410 e. The van der Waals surface area contributed by atoms with Crippen LogP contribution in [0.2, 0.25) is 0 Å². The molecule has 0 unspecified atom stereocenters. The number of aromatic hydroxyl groups is 1. The molecule has 0 spiro atoms. The molecule has 1 amide bonds. The standard InChI is InChI=1S/C27H29N5O3/c1-27(2,3)35-26(34)32-12-10-31(11-13-32)23-15-20(7-8-28-23)25-22-14-18(4-5-21(22)17-30-25)19-6-9-29-24(33)16-19/h4-9,14-16H,10-13,17H2,1-3H3,(H,29,33). The molecular weight excluding hydrogens is 442 g/mol. The molecule has 180 valence electrons. The van der Waals surface area contributed by atoms with E-state index in [1.54, 1.807) is 17.2 Å². The number of ether oxygens (including phenoxy) is 1. The molecule has 1 saturated heterocycles. The van der Waals surface area contributed by atoms with E-state index in [0.29, 0.717) is 32.7 Å². The van der Waals surface area contributed by atoms with E-state index in [4.69, 9.17) is 9.73 Å². The zero-order valence-electron chi connectivity index (χ0n) is 20.2. The van der Waals surface area contributed by atoms with Crippen molar-refractivity contribution < 1.29 is 14.6 Å². The second kappa shape index (κ2) is 9.02. The first kappa shape index (κ1) is 22.8. The van der Waals surface area contributed by atoms with Crippen molar-refractivity contribution in [1.29, 1.82) is 0 Å². The number of benzene rings is 1. The number of aliphatic imine (C=N–C) groups is 1. The van der Waals surface area contributed by atoms with Gasteiger partial charge in [0.2, 0.25) is 5.88 Å². The van der Waals surface area contributed by atoms with Crippen molar-refractivity contribution in [1.82, 2.24) is 14.9 Å². The van der Waals surface area contributed by atoms with Crippen LogP contribution in [0.5, 0.6) is 5.88 Å². The molecule has 8 nitrogen and oxygen atoms in total. The van der Waals surface area contributed by atoms with Gasteiger partial charge in [0.25, 0.3) is 0 Å². The minimum absolute atomic E-state index is 0.00225. The van der Waals surface area contributed by atoms with Gasteiger partial charge in [0.05, 0.1) is 12.3 Å². The third-order valence-corrected chi connectivity index (χ3v) is 6.13. The van der Waals surface area contributed by atoms with E-state index < -0.39 is 5.60 Å². The zero-order valence-corrected chi connectivity index (χ0v) is 20.2. The molecule has 8 heteroatoms. The number of aromatic nitrogens is 2. The highest BCUT2D eigenvalue weighted by Crippen LogP contribution is 2.30. The van der Waals surface area contributed by atoms with Gasteiger partial charge in [-0.1, -0.05) is 12.1 Å². The summed E-state index contributed by atoms with van der Waals surface area (Å²) in [5.41, 5.74) is 5.62. The number of piperazine rings is 1. The summed E-state index contributed by atoms with van der Waals surface area (Å²) in [7, 11) is 0. The van der Waals surface area contributed by atoms with Crippen molar-refractivity contribution in [3.05, 3.63) is 71.5 Å². The second-order valence-corrected chi connectivity index (χ2v) is 9.80. The van der Waals surface area contributed by atoms with Gasteiger partial charge in [-0.25, -0.2) is 14.8 Å². The molecule has 0 saturated carbocycles. The fourth-order valence-corrected chi connectivity index (χ4v) is 4.39. The normalized spacial score (nSPS) is 15.6.